The van der Waals surface area contributed by atoms with E-state index in [9.17, 15) is 4.79 Å². The van der Waals surface area contributed by atoms with Crippen LogP contribution in [-0.4, -0.2) is 17.7 Å². The maximum Gasteiger partial charge on any atom is 0.303 e. The molecule has 4 heteroatoms. The molecule has 0 bridgehead atoms. The van der Waals surface area contributed by atoms with Crippen molar-refractivity contribution in [3.05, 3.63) is 83.4 Å². The fourth-order valence-corrected chi connectivity index (χ4v) is 4.50. The Morgan fingerprint density at radius 3 is 2.62 bits per heavy atom. The molecule has 3 aromatic rings. The molecular formula is C28H30O4. The number of carboxylic acid groups (broad SMARTS) is 1. The molecule has 3 aromatic carbocycles. The van der Waals surface area contributed by atoms with Crippen LogP contribution in [0.25, 0.3) is 11.1 Å². The molecule has 32 heavy (non-hydrogen) atoms. The van der Waals surface area contributed by atoms with Gasteiger partial charge in [-0.3, -0.25) is 4.79 Å². The van der Waals surface area contributed by atoms with Gasteiger partial charge in [0.05, 0.1) is 6.61 Å². The van der Waals surface area contributed by atoms with E-state index in [0.717, 1.165) is 47.5 Å². The molecule has 166 valence electrons. The van der Waals surface area contributed by atoms with Crippen molar-refractivity contribution < 1.29 is 19.4 Å². The highest BCUT2D eigenvalue weighted by atomic mass is 16.5. The van der Waals surface area contributed by atoms with Crippen LogP contribution in [0.3, 0.4) is 0 Å². The minimum atomic E-state index is -0.725. The number of hydrogen-bond donors (Lipinski definition) is 1. The molecule has 4 rings (SSSR count). The van der Waals surface area contributed by atoms with Crippen LogP contribution < -0.4 is 9.47 Å². The van der Waals surface area contributed by atoms with Crippen LogP contribution in [0, 0.1) is 0 Å². The van der Waals surface area contributed by atoms with Gasteiger partial charge in [0, 0.05) is 12.0 Å². The SMILES string of the molecule is CCOc1ccccc1-c1ccc(COc2ccc3c(c2)C(CCC(=O)O)CCC3)cc1. The summed E-state index contributed by atoms with van der Waals surface area (Å²) in [6, 6.07) is 22.8. The summed E-state index contributed by atoms with van der Waals surface area (Å²) in [5.74, 6) is 1.32. The van der Waals surface area contributed by atoms with Gasteiger partial charge in [-0.2, -0.15) is 0 Å². The fraction of sp³-hybridized carbons (Fsp3) is 0.321. The van der Waals surface area contributed by atoms with Crippen molar-refractivity contribution >= 4 is 5.97 Å². The number of hydrogen-bond acceptors (Lipinski definition) is 3. The molecule has 0 amide bonds. The number of benzene rings is 3. The van der Waals surface area contributed by atoms with Gasteiger partial charge in [-0.15, -0.1) is 0 Å². The smallest absolute Gasteiger partial charge is 0.303 e. The molecule has 4 nitrogen and oxygen atoms in total. The molecule has 0 saturated carbocycles. The first-order valence-electron chi connectivity index (χ1n) is 11.4. The van der Waals surface area contributed by atoms with Gasteiger partial charge in [-0.1, -0.05) is 48.5 Å². The average Bonchev–Trinajstić information content (AvgIpc) is 2.82. The summed E-state index contributed by atoms with van der Waals surface area (Å²) in [6.07, 6.45) is 4.14. The average molecular weight is 431 g/mol. The molecule has 1 aliphatic carbocycles. The Balaban J connectivity index is 1.43. The lowest BCUT2D eigenvalue weighted by atomic mass is 9.80. The van der Waals surface area contributed by atoms with E-state index < -0.39 is 5.97 Å². The Labute approximate surface area is 189 Å². The maximum atomic E-state index is 11.0. The monoisotopic (exact) mass is 430 g/mol. The highest BCUT2D eigenvalue weighted by Crippen LogP contribution is 2.37. The molecule has 0 fully saturated rings. The first kappa shape index (κ1) is 21.9. The van der Waals surface area contributed by atoms with E-state index in [1.54, 1.807) is 0 Å². The highest BCUT2D eigenvalue weighted by molar-refractivity contribution is 5.70. The van der Waals surface area contributed by atoms with E-state index >= 15 is 0 Å². The molecule has 1 N–H and O–H groups in total. The zero-order chi connectivity index (χ0) is 22.3. The number of ether oxygens (including phenoxy) is 2. The second kappa shape index (κ2) is 10.4. The number of fused-ring (bicyclic) bond motifs is 1. The summed E-state index contributed by atoms with van der Waals surface area (Å²) in [7, 11) is 0. The summed E-state index contributed by atoms with van der Waals surface area (Å²) < 4.78 is 11.9. The lowest BCUT2D eigenvalue weighted by Gasteiger charge is -2.25. The van der Waals surface area contributed by atoms with Gasteiger partial charge in [0.25, 0.3) is 0 Å². The fourth-order valence-electron chi connectivity index (χ4n) is 4.50. The van der Waals surface area contributed by atoms with Crippen molar-refractivity contribution in [2.45, 2.75) is 51.6 Å². The topological polar surface area (TPSA) is 55.8 Å². The molecule has 1 aliphatic rings. The second-order valence-corrected chi connectivity index (χ2v) is 8.30. The lowest BCUT2D eigenvalue weighted by Crippen LogP contribution is -2.12. The van der Waals surface area contributed by atoms with E-state index in [-0.39, 0.29) is 6.42 Å². The van der Waals surface area contributed by atoms with E-state index in [4.69, 9.17) is 14.6 Å². The van der Waals surface area contributed by atoms with Crippen LogP contribution in [0.15, 0.2) is 66.7 Å². The maximum absolute atomic E-state index is 11.0. The van der Waals surface area contributed by atoms with Crippen LogP contribution in [0.4, 0.5) is 0 Å². The van der Waals surface area contributed by atoms with Crippen molar-refractivity contribution in [2.75, 3.05) is 6.61 Å². The number of aryl methyl sites for hydroxylation is 1. The van der Waals surface area contributed by atoms with E-state index in [1.807, 2.05) is 31.2 Å². The number of rotatable bonds is 9. The summed E-state index contributed by atoms with van der Waals surface area (Å²) >= 11 is 0. The predicted octanol–water partition coefficient (Wildman–Crippen LogP) is 6.62. The third-order valence-corrected chi connectivity index (χ3v) is 6.12. The lowest BCUT2D eigenvalue weighted by molar-refractivity contribution is -0.137. The molecule has 0 saturated heterocycles. The van der Waals surface area contributed by atoms with E-state index in [0.29, 0.717) is 25.6 Å². The Bertz CT molecular complexity index is 1060. The van der Waals surface area contributed by atoms with Gasteiger partial charge < -0.3 is 14.6 Å². The predicted molar refractivity (Wildman–Crippen MR) is 126 cm³/mol. The molecule has 0 aliphatic heterocycles. The van der Waals surface area contributed by atoms with Crippen LogP contribution in [0.2, 0.25) is 0 Å². The molecule has 0 aromatic heterocycles. The number of carboxylic acids is 1. The summed E-state index contributed by atoms with van der Waals surface area (Å²) in [5, 5.41) is 9.06. The largest absolute Gasteiger partial charge is 0.493 e. The summed E-state index contributed by atoms with van der Waals surface area (Å²) in [5.41, 5.74) is 5.90. The summed E-state index contributed by atoms with van der Waals surface area (Å²) in [4.78, 5) is 11.0. The van der Waals surface area contributed by atoms with Crippen LogP contribution >= 0.6 is 0 Å². The number of aliphatic carboxylic acids is 1. The normalized spacial score (nSPS) is 15.1. The standard InChI is InChI=1S/C28H30O4/c1-2-31-27-9-4-3-8-25(27)23-12-10-20(11-13-23)19-32-24-16-14-21-6-5-7-22(26(21)18-24)15-17-28(29)30/h3-4,8-14,16,18,22H,2,5-7,15,17,19H2,1H3,(H,29,30). The number of para-hydroxylation sites is 1. The first-order chi connectivity index (χ1) is 15.6. The Morgan fingerprint density at radius 1 is 1.03 bits per heavy atom. The van der Waals surface area contributed by atoms with E-state index in [2.05, 4.69) is 42.5 Å². The molecule has 1 unspecified atom stereocenters. The number of carbonyl (C=O) groups is 1. The van der Waals surface area contributed by atoms with Gasteiger partial charge in [-0.25, -0.2) is 0 Å². The highest BCUT2D eigenvalue weighted by Gasteiger charge is 2.21. The third kappa shape index (κ3) is 5.31. The zero-order valence-electron chi connectivity index (χ0n) is 18.5. The van der Waals surface area contributed by atoms with Crippen LogP contribution in [0.5, 0.6) is 11.5 Å². The van der Waals surface area contributed by atoms with Gasteiger partial charge in [0.1, 0.15) is 18.1 Å². The van der Waals surface area contributed by atoms with Crippen molar-refractivity contribution in [1.82, 2.24) is 0 Å². The summed E-state index contributed by atoms with van der Waals surface area (Å²) in [6.45, 7) is 3.12. The Hall–Kier alpha value is -3.27. The van der Waals surface area contributed by atoms with Gasteiger partial charge in [0.15, 0.2) is 0 Å². The van der Waals surface area contributed by atoms with Crippen LogP contribution in [0.1, 0.15) is 55.2 Å². The minimum absolute atomic E-state index is 0.216. The molecule has 0 radical (unpaired) electrons. The van der Waals surface area contributed by atoms with Crippen molar-refractivity contribution in [2.24, 2.45) is 0 Å². The van der Waals surface area contributed by atoms with Gasteiger partial charge in [-0.05, 0) is 79.0 Å². The van der Waals surface area contributed by atoms with Gasteiger partial charge in [0.2, 0.25) is 0 Å². The zero-order valence-corrected chi connectivity index (χ0v) is 18.5. The van der Waals surface area contributed by atoms with Crippen molar-refractivity contribution in [3.63, 3.8) is 0 Å². The Kier molecular flexibility index (Phi) is 7.10. The first-order valence-corrected chi connectivity index (χ1v) is 11.4. The van der Waals surface area contributed by atoms with Gasteiger partial charge >= 0.3 is 5.97 Å². The Morgan fingerprint density at radius 2 is 1.84 bits per heavy atom. The third-order valence-electron chi connectivity index (χ3n) is 6.12. The van der Waals surface area contributed by atoms with Crippen molar-refractivity contribution in [3.8, 4) is 22.6 Å². The molecule has 0 spiro atoms. The van der Waals surface area contributed by atoms with Crippen LogP contribution in [-0.2, 0) is 17.8 Å². The quantitative estimate of drug-likeness (QED) is 0.415. The second-order valence-electron chi connectivity index (χ2n) is 8.30. The van der Waals surface area contributed by atoms with E-state index in [1.165, 1.54) is 11.1 Å². The molecule has 1 atom stereocenters. The molecular weight excluding hydrogens is 400 g/mol. The van der Waals surface area contributed by atoms with Crippen molar-refractivity contribution in [1.29, 1.82) is 0 Å². The minimum Gasteiger partial charge on any atom is -0.493 e. The molecule has 0 heterocycles.